The van der Waals surface area contributed by atoms with Gasteiger partial charge in [-0.05, 0) is 24.6 Å². The Labute approximate surface area is 121 Å². The summed E-state index contributed by atoms with van der Waals surface area (Å²) in [4.78, 5) is 15.3. The van der Waals surface area contributed by atoms with Crippen LogP contribution in [-0.2, 0) is 0 Å². The number of aromatic carboxylic acids is 1. The van der Waals surface area contributed by atoms with E-state index < -0.39 is 5.97 Å². The molecule has 0 radical (unpaired) electrons. The third-order valence-electron chi connectivity index (χ3n) is 3.08. The van der Waals surface area contributed by atoms with Crippen molar-refractivity contribution >= 4 is 5.97 Å². The number of carboxylic acids is 1. The largest absolute Gasteiger partial charge is 0.475 e. The molecule has 0 unspecified atom stereocenters. The molecule has 5 nitrogen and oxygen atoms in total. The molecule has 104 valence electrons. The minimum atomic E-state index is -1.14. The Balaban J connectivity index is 2.21. The lowest BCUT2D eigenvalue weighted by atomic mass is 10.2. The van der Waals surface area contributed by atoms with E-state index >= 15 is 0 Å². The molecule has 1 aromatic heterocycles. The van der Waals surface area contributed by atoms with Gasteiger partial charge in [-0.1, -0.05) is 42.5 Å². The first-order valence-corrected chi connectivity index (χ1v) is 6.48. The Hall–Kier alpha value is -2.95. The third kappa shape index (κ3) is 2.53. The van der Waals surface area contributed by atoms with Gasteiger partial charge in [-0.15, -0.1) is 5.10 Å². The summed E-state index contributed by atoms with van der Waals surface area (Å²) >= 11 is 0. The maximum atomic E-state index is 11.2. The second kappa shape index (κ2) is 5.20. The maximum absolute atomic E-state index is 11.2. The highest BCUT2D eigenvalue weighted by Gasteiger charge is 2.17. The fourth-order valence-electron chi connectivity index (χ4n) is 2.12. The van der Waals surface area contributed by atoms with E-state index in [1.807, 2.05) is 61.5 Å². The van der Waals surface area contributed by atoms with Crippen LogP contribution in [0.3, 0.4) is 0 Å². The minimum absolute atomic E-state index is 0.213. The van der Waals surface area contributed by atoms with Gasteiger partial charge in [0.1, 0.15) is 0 Å². The Morgan fingerprint density at radius 2 is 1.86 bits per heavy atom. The molecule has 21 heavy (non-hydrogen) atoms. The summed E-state index contributed by atoms with van der Waals surface area (Å²) in [5, 5.41) is 13.2. The van der Waals surface area contributed by atoms with Crippen LogP contribution in [-0.4, -0.2) is 25.8 Å². The second-order valence-corrected chi connectivity index (χ2v) is 4.68. The molecule has 0 fully saturated rings. The molecule has 0 amide bonds. The smallest absolute Gasteiger partial charge is 0.375 e. The van der Waals surface area contributed by atoms with Gasteiger partial charge in [-0.25, -0.2) is 14.5 Å². The molecule has 0 aliphatic heterocycles. The van der Waals surface area contributed by atoms with Crippen LogP contribution in [0.2, 0.25) is 0 Å². The molecule has 0 aliphatic carbocycles. The number of hydrogen-bond acceptors (Lipinski definition) is 3. The van der Waals surface area contributed by atoms with E-state index in [9.17, 15) is 4.79 Å². The number of carbonyl (C=O) groups is 1. The van der Waals surface area contributed by atoms with Crippen LogP contribution >= 0.6 is 0 Å². The van der Waals surface area contributed by atoms with Gasteiger partial charge in [-0.2, -0.15) is 0 Å². The average molecular weight is 279 g/mol. The molecule has 2 aromatic carbocycles. The molecule has 1 N–H and O–H groups in total. The van der Waals surface area contributed by atoms with Crippen LogP contribution in [0.25, 0.3) is 17.1 Å². The first-order chi connectivity index (χ1) is 10.1. The summed E-state index contributed by atoms with van der Waals surface area (Å²) in [5.74, 6) is -0.840. The lowest BCUT2D eigenvalue weighted by Gasteiger charge is -2.06. The zero-order valence-corrected chi connectivity index (χ0v) is 11.4. The van der Waals surface area contributed by atoms with E-state index in [1.165, 1.54) is 0 Å². The van der Waals surface area contributed by atoms with Crippen molar-refractivity contribution < 1.29 is 9.90 Å². The number of rotatable bonds is 3. The molecule has 3 rings (SSSR count). The van der Waals surface area contributed by atoms with E-state index in [0.717, 1.165) is 16.8 Å². The van der Waals surface area contributed by atoms with Crippen molar-refractivity contribution in [3.05, 3.63) is 66.0 Å². The summed E-state index contributed by atoms with van der Waals surface area (Å²) in [6, 6.07) is 17.1. The SMILES string of the molecule is Cc1cccc(-n2nc(C(=O)O)nc2-c2ccccc2)c1. The highest BCUT2D eigenvalue weighted by molar-refractivity contribution is 5.84. The monoisotopic (exact) mass is 279 g/mol. The number of aryl methyl sites for hydroxylation is 1. The van der Waals surface area contributed by atoms with Crippen LogP contribution in [0.1, 0.15) is 16.2 Å². The normalized spacial score (nSPS) is 10.5. The fourth-order valence-corrected chi connectivity index (χ4v) is 2.12. The topological polar surface area (TPSA) is 68.0 Å². The molecule has 0 saturated heterocycles. The fraction of sp³-hybridized carbons (Fsp3) is 0.0625. The zero-order valence-electron chi connectivity index (χ0n) is 11.4. The minimum Gasteiger partial charge on any atom is -0.475 e. The van der Waals surface area contributed by atoms with Gasteiger partial charge in [0.05, 0.1) is 5.69 Å². The highest BCUT2D eigenvalue weighted by atomic mass is 16.4. The van der Waals surface area contributed by atoms with Crippen LogP contribution in [0.15, 0.2) is 54.6 Å². The maximum Gasteiger partial charge on any atom is 0.375 e. The van der Waals surface area contributed by atoms with Crippen molar-refractivity contribution in [1.82, 2.24) is 14.8 Å². The van der Waals surface area contributed by atoms with Gasteiger partial charge < -0.3 is 5.11 Å². The Kier molecular flexibility index (Phi) is 3.23. The third-order valence-corrected chi connectivity index (χ3v) is 3.08. The van der Waals surface area contributed by atoms with Gasteiger partial charge in [0, 0.05) is 5.56 Å². The summed E-state index contributed by atoms with van der Waals surface area (Å²) < 4.78 is 1.56. The van der Waals surface area contributed by atoms with Crippen LogP contribution in [0.4, 0.5) is 0 Å². The van der Waals surface area contributed by atoms with Crippen molar-refractivity contribution in [2.45, 2.75) is 6.92 Å². The van der Waals surface area contributed by atoms with Crippen LogP contribution in [0.5, 0.6) is 0 Å². The predicted molar refractivity (Wildman–Crippen MR) is 78.5 cm³/mol. The van der Waals surface area contributed by atoms with Crippen molar-refractivity contribution in [3.63, 3.8) is 0 Å². The molecule has 0 aliphatic rings. The standard InChI is InChI=1S/C16H13N3O2/c1-11-6-5-9-13(10-11)19-15(12-7-3-2-4-8-12)17-14(18-19)16(20)21/h2-10H,1H3,(H,20,21). The van der Waals surface area contributed by atoms with E-state index in [4.69, 9.17) is 5.11 Å². The molecule has 5 heteroatoms. The summed E-state index contributed by atoms with van der Waals surface area (Å²) in [5.41, 5.74) is 2.67. The van der Waals surface area contributed by atoms with Gasteiger partial charge in [0.15, 0.2) is 5.82 Å². The van der Waals surface area contributed by atoms with Gasteiger partial charge >= 0.3 is 5.97 Å². The van der Waals surface area contributed by atoms with Gasteiger partial charge in [-0.3, -0.25) is 0 Å². The predicted octanol–water partition coefficient (Wildman–Crippen LogP) is 2.94. The van der Waals surface area contributed by atoms with E-state index in [2.05, 4.69) is 10.1 Å². The Morgan fingerprint density at radius 1 is 1.10 bits per heavy atom. The Morgan fingerprint density at radius 3 is 2.52 bits per heavy atom. The lowest BCUT2D eigenvalue weighted by Crippen LogP contribution is -2.02. The molecule has 3 aromatic rings. The summed E-state index contributed by atoms with van der Waals surface area (Å²) in [6.45, 7) is 1.97. The zero-order chi connectivity index (χ0) is 14.8. The quantitative estimate of drug-likeness (QED) is 0.800. The average Bonchev–Trinajstić information content (AvgIpc) is 2.93. The van der Waals surface area contributed by atoms with E-state index in [0.29, 0.717) is 5.82 Å². The number of hydrogen-bond donors (Lipinski definition) is 1. The molecule has 1 heterocycles. The molecule has 0 atom stereocenters. The summed E-state index contributed by atoms with van der Waals surface area (Å²) in [6.07, 6.45) is 0. The molecule has 0 saturated carbocycles. The second-order valence-electron chi connectivity index (χ2n) is 4.68. The van der Waals surface area contributed by atoms with E-state index in [1.54, 1.807) is 4.68 Å². The Bertz CT molecular complexity index is 794. The van der Waals surface area contributed by atoms with Gasteiger partial charge in [0.2, 0.25) is 0 Å². The van der Waals surface area contributed by atoms with E-state index in [-0.39, 0.29) is 5.82 Å². The molecule has 0 bridgehead atoms. The van der Waals surface area contributed by atoms with Gasteiger partial charge in [0.25, 0.3) is 5.82 Å². The first-order valence-electron chi connectivity index (χ1n) is 6.48. The number of aromatic nitrogens is 3. The van der Waals surface area contributed by atoms with Crippen molar-refractivity contribution in [3.8, 4) is 17.1 Å². The highest BCUT2D eigenvalue weighted by Crippen LogP contribution is 2.21. The lowest BCUT2D eigenvalue weighted by molar-refractivity contribution is 0.0683. The van der Waals surface area contributed by atoms with Crippen LogP contribution < -0.4 is 0 Å². The van der Waals surface area contributed by atoms with Crippen molar-refractivity contribution in [2.75, 3.05) is 0 Å². The summed E-state index contributed by atoms with van der Waals surface area (Å²) in [7, 11) is 0. The first kappa shape index (κ1) is 13.1. The number of nitrogens with zero attached hydrogens (tertiary/aromatic N) is 3. The number of benzene rings is 2. The molecular weight excluding hydrogens is 266 g/mol. The molecule has 0 spiro atoms. The van der Waals surface area contributed by atoms with Crippen LogP contribution in [0, 0.1) is 6.92 Å². The van der Waals surface area contributed by atoms with Crippen molar-refractivity contribution in [2.24, 2.45) is 0 Å². The number of carboxylic acid groups (broad SMARTS) is 1. The molecular formula is C16H13N3O2. The van der Waals surface area contributed by atoms with Crippen molar-refractivity contribution in [1.29, 1.82) is 0 Å².